The van der Waals surface area contributed by atoms with E-state index in [2.05, 4.69) is 16.4 Å². The highest BCUT2D eigenvalue weighted by molar-refractivity contribution is 7.98. The first-order chi connectivity index (χ1) is 11.1. The number of hydrogen-bond donors (Lipinski definition) is 1. The van der Waals surface area contributed by atoms with Gasteiger partial charge >= 0.3 is 0 Å². The Morgan fingerprint density at radius 3 is 3.00 bits per heavy atom. The molecule has 1 aromatic carbocycles. The fourth-order valence-electron chi connectivity index (χ4n) is 3.41. The van der Waals surface area contributed by atoms with Crippen LogP contribution in [0.15, 0.2) is 35.4 Å². The lowest BCUT2D eigenvalue weighted by Gasteiger charge is -2.10. The Bertz CT molecular complexity index is 892. The summed E-state index contributed by atoms with van der Waals surface area (Å²) in [5.41, 5.74) is 2.65. The Morgan fingerprint density at radius 2 is 2.26 bits per heavy atom. The largest absolute Gasteiger partial charge is 0.325 e. The maximum absolute atomic E-state index is 12.5. The monoisotopic (exact) mass is 341 g/mol. The molecule has 0 saturated heterocycles. The van der Waals surface area contributed by atoms with Crippen LogP contribution in [0, 0.1) is 11.3 Å². The number of carbonyl (C=O) groups is 1. The minimum absolute atomic E-state index is 0.0108. The predicted octanol–water partition coefficient (Wildman–Crippen LogP) is 3.71. The highest BCUT2D eigenvalue weighted by Crippen LogP contribution is 2.64. The summed E-state index contributed by atoms with van der Waals surface area (Å²) in [6.45, 7) is 0. The Hall–Kier alpha value is -2.03. The van der Waals surface area contributed by atoms with Gasteiger partial charge in [-0.2, -0.15) is 5.26 Å². The van der Waals surface area contributed by atoms with Gasteiger partial charge < -0.3 is 5.32 Å². The van der Waals surface area contributed by atoms with E-state index in [9.17, 15) is 4.79 Å². The molecular formula is C17H12ClN3OS. The molecule has 114 valence electrons. The minimum Gasteiger partial charge on any atom is -0.325 e. The van der Waals surface area contributed by atoms with Crippen molar-refractivity contribution in [1.82, 2.24) is 4.98 Å². The van der Waals surface area contributed by atoms with E-state index >= 15 is 0 Å². The van der Waals surface area contributed by atoms with Crippen LogP contribution in [0.1, 0.15) is 29.2 Å². The van der Waals surface area contributed by atoms with Crippen molar-refractivity contribution in [2.45, 2.75) is 22.8 Å². The molecule has 0 unspecified atom stereocenters. The van der Waals surface area contributed by atoms with Crippen molar-refractivity contribution in [3.05, 3.63) is 52.2 Å². The van der Waals surface area contributed by atoms with E-state index in [-0.39, 0.29) is 11.8 Å². The van der Waals surface area contributed by atoms with E-state index in [1.807, 2.05) is 24.5 Å². The van der Waals surface area contributed by atoms with E-state index in [4.69, 9.17) is 16.9 Å². The molecule has 2 heterocycles. The van der Waals surface area contributed by atoms with Crippen molar-refractivity contribution >= 4 is 35.0 Å². The number of fused-ring (bicyclic) bond motifs is 2. The number of nitriles is 1. The van der Waals surface area contributed by atoms with Gasteiger partial charge in [0, 0.05) is 22.3 Å². The molecule has 1 saturated carbocycles. The second-order valence-corrected chi connectivity index (χ2v) is 7.01. The standard InChI is InChI=1S/C17H12ClN3OS/c1-23-15-9(8-19)2-4-14(20-15)12-7-17(12)11-6-10(18)3-5-13(11)21-16(17)22/h2-6,12H,7H2,1H3,(H,21,22)/t12-,17-/m1/s1. The van der Waals surface area contributed by atoms with Crippen LogP contribution in [-0.2, 0) is 10.2 Å². The molecule has 1 fully saturated rings. The molecule has 23 heavy (non-hydrogen) atoms. The van der Waals surface area contributed by atoms with Crippen LogP contribution in [-0.4, -0.2) is 17.1 Å². The lowest BCUT2D eigenvalue weighted by molar-refractivity contribution is -0.118. The van der Waals surface area contributed by atoms with Crippen molar-refractivity contribution in [1.29, 1.82) is 5.26 Å². The lowest BCUT2D eigenvalue weighted by Crippen LogP contribution is -2.21. The highest BCUT2D eigenvalue weighted by atomic mass is 35.5. The maximum atomic E-state index is 12.5. The van der Waals surface area contributed by atoms with Crippen molar-refractivity contribution in [2.75, 3.05) is 11.6 Å². The number of nitrogens with one attached hydrogen (secondary N) is 1. The molecule has 0 radical (unpaired) electrons. The van der Waals surface area contributed by atoms with Gasteiger partial charge in [0.05, 0.1) is 11.0 Å². The van der Waals surface area contributed by atoms with Crippen LogP contribution in [0.2, 0.25) is 5.02 Å². The third-order valence-corrected chi connectivity index (χ3v) is 5.56. The van der Waals surface area contributed by atoms with Crippen LogP contribution >= 0.6 is 23.4 Å². The molecule has 1 aromatic heterocycles. The average Bonchev–Trinajstić information content (AvgIpc) is 3.26. The zero-order chi connectivity index (χ0) is 16.2. The summed E-state index contributed by atoms with van der Waals surface area (Å²) >= 11 is 7.56. The minimum atomic E-state index is -0.558. The molecule has 1 spiro atoms. The van der Waals surface area contributed by atoms with Crippen LogP contribution in [0.25, 0.3) is 0 Å². The van der Waals surface area contributed by atoms with Gasteiger partial charge in [0.1, 0.15) is 11.1 Å². The number of pyridine rings is 1. The number of hydrogen-bond acceptors (Lipinski definition) is 4. The van der Waals surface area contributed by atoms with Gasteiger partial charge in [0.25, 0.3) is 0 Å². The van der Waals surface area contributed by atoms with E-state index in [0.29, 0.717) is 15.6 Å². The molecule has 0 bridgehead atoms. The van der Waals surface area contributed by atoms with E-state index in [1.54, 1.807) is 12.1 Å². The van der Waals surface area contributed by atoms with Gasteiger partial charge in [-0.05, 0) is 48.6 Å². The van der Waals surface area contributed by atoms with Gasteiger partial charge in [-0.1, -0.05) is 11.6 Å². The molecule has 4 rings (SSSR count). The molecule has 1 N–H and O–H groups in total. The summed E-state index contributed by atoms with van der Waals surface area (Å²) in [6, 6.07) is 11.3. The normalized spacial score (nSPS) is 24.2. The molecule has 1 aliphatic heterocycles. The van der Waals surface area contributed by atoms with Gasteiger partial charge in [-0.3, -0.25) is 4.79 Å². The van der Waals surface area contributed by atoms with E-state index < -0.39 is 5.41 Å². The van der Waals surface area contributed by atoms with Crippen LogP contribution in [0.3, 0.4) is 0 Å². The molecule has 2 aromatic rings. The Labute approximate surface area is 142 Å². The molecule has 1 aliphatic carbocycles. The number of nitrogens with zero attached hydrogens (tertiary/aromatic N) is 2. The fourth-order valence-corrected chi connectivity index (χ4v) is 4.11. The number of benzene rings is 1. The third kappa shape index (κ3) is 1.99. The summed E-state index contributed by atoms with van der Waals surface area (Å²) in [6.07, 6.45) is 2.62. The topological polar surface area (TPSA) is 65.8 Å². The van der Waals surface area contributed by atoms with Crippen molar-refractivity contribution in [3.63, 3.8) is 0 Å². The number of halogens is 1. The second-order valence-electron chi connectivity index (χ2n) is 5.78. The summed E-state index contributed by atoms with van der Waals surface area (Å²) in [5, 5.41) is 13.4. The van der Waals surface area contributed by atoms with Crippen LogP contribution < -0.4 is 5.32 Å². The smallest absolute Gasteiger partial charge is 0.235 e. The summed E-state index contributed by atoms with van der Waals surface area (Å²) in [7, 11) is 0. The third-order valence-electron chi connectivity index (χ3n) is 4.63. The molecule has 1 amide bonds. The SMILES string of the molecule is CSc1nc([C@H]2C[C@]23C(=O)Nc2ccc(Cl)cc23)ccc1C#N. The first-order valence-electron chi connectivity index (χ1n) is 7.16. The molecule has 2 atom stereocenters. The van der Waals surface area contributed by atoms with Gasteiger partial charge in [0.2, 0.25) is 5.91 Å². The van der Waals surface area contributed by atoms with Gasteiger partial charge in [-0.25, -0.2) is 4.98 Å². The number of amides is 1. The van der Waals surface area contributed by atoms with Crippen molar-refractivity contribution in [2.24, 2.45) is 0 Å². The zero-order valence-electron chi connectivity index (χ0n) is 12.3. The lowest BCUT2D eigenvalue weighted by atomic mass is 9.93. The van der Waals surface area contributed by atoms with Crippen molar-refractivity contribution < 1.29 is 4.79 Å². The van der Waals surface area contributed by atoms with E-state index in [1.165, 1.54) is 11.8 Å². The van der Waals surface area contributed by atoms with Gasteiger partial charge in [-0.15, -0.1) is 11.8 Å². The van der Waals surface area contributed by atoms with Crippen molar-refractivity contribution in [3.8, 4) is 6.07 Å². The zero-order valence-corrected chi connectivity index (χ0v) is 13.8. The summed E-state index contributed by atoms with van der Waals surface area (Å²) in [5.74, 6) is 0.0393. The number of aromatic nitrogens is 1. The summed E-state index contributed by atoms with van der Waals surface area (Å²) < 4.78 is 0. The predicted molar refractivity (Wildman–Crippen MR) is 89.9 cm³/mol. The van der Waals surface area contributed by atoms with Gasteiger partial charge in [0.15, 0.2) is 0 Å². The first kappa shape index (κ1) is 14.6. The Morgan fingerprint density at radius 1 is 1.43 bits per heavy atom. The number of rotatable bonds is 2. The quantitative estimate of drug-likeness (QED) is 0.846. The number of thioether (sulfide) groups is 1. The van der Waals surface area contributed by atoms with E-state index in [0.717, 1.165) is 23.4 Å². The van der Waals surface area contributed by atoms with Crippen LogP contribution in [0.5, 0.6) is 0 Å². The first-order valence-corrected chi connectivity index (χ1v) is 8.77. The molecule has 6 heteroatoms. The number of anilines is 1. The Kier molecular flexibility index (Phi) is 3.15. The Balaban J connectivity index is 1.77. The summed E-state index contributed by atoms with van der Waals surface area (Å²) in [4.78, 5) is 17.1. The molecule has 2 aliphatic rings. The maximum Gasteiger partial charge on any atom is 0.235 e. The number of carbonyl (C=O) groups excluding carboxylic acids is 1. The fraction of sp³-hybridized carbons (Fsp3) is 0.235. The second kappa shape index (κ2) is 4.98. The molecular weight excluding hydrogens is 330 g/mol. The van der Waals surface area contributed by atoms with Crippen LogP contribution in [0.4, 0.5) is 5.69 Å². The highest BCUT2D eigenvalue weighted by Gasteiger charge is 2.65. The molecule has 4 nitrogen and oxygen atoms in total. The average molecular weight is 342 g/mol.